The molecular formula is C38H64N2O6Si. The molecule has 4 rings (SSSR count). The van der Waals surface area contributed by atoms with Crippen LogP contribution in [-0.4, -0.2) is 87.0 Å². The van der Waals surface area contributed by atoms with Crippen LogP contribution in [0.25, 0.3) is 0 Å². The van der Waals surface area contributed by atoms with E-state index >= 15 is 0 Å². The van der Waals surface area contributed by atoms with Crippen LogP contribution < -0.4 is 0 Å². The number of Topliss-reactive ketones (excluding diaryl/α,β-unsaturated/α-hetero) is 1. The molecule has 4 aliphatic rings. The van der Waals surface area contributed by atoms with Gasteiger partial charge in [-0.1, -0.05) is 45.1 Å². The van der Waals surface area contributed by atoms with Crippen molar-refractivity contribution >= 4 is 26.2 Å². The molecule has 0 bridgehead atoms. The maximum absolute atomic E-state index is 14.5. The van der Waals surface area contributed by atoms with Gasteiger partial charge in [-0.3, -0.25) is 14.5 Å². The first kappa shape index (κ1) is 37.8. The number of unbranched alkanes of at least 4 members (excludes halogenated alkanes) is 2. The molecule has 266 valence electrons. The first-order valence-electron chi connectivity index (χ1n) is 18.3. The van der Waals surface area contributed by atoms with Crippen molar-refractivity contribution in [1.29, 1.82) is 0 Å². The molecule has 3 aliphatic heterocycles. The summed E-state index contributed by atoms with van der Waals surface area (Å²) >= 11 is 0. The van der Waals surface area contributed by atoms with Crippen molar-refractivity contribution in [3.05, 3.63) is 24.3 Å². The maximum Gasteiger partial charge on any atom is 0.410 e. The summed E-state index contributed by atoms with van der Waals surface area (Å²) in [6.07, 6.45) is 18.1. The lowest BCUT2D eigenvalue weighted by molar-refractivity contribution is -0.168. The second-order valence-electron chi connectivity index (χ2n) is 17.1. The van der Waals surface area contributed by atoms with E-state index in [2.05, 4.69) is 63.1 Å². The van der Waals surface area contributed by atoms with Crippen molar-refractivity contribution in [2.75, 3.05) is 33.4 Å². The Bertz CT molecular complexity index is 1170. The maximum atomic E-state index is 14.5. The average Bonchev–Trinajstić information content (AvgIpc) is 3.25. The highest BCUT2D eigenvalue weighted by Gasteiger charge is 2.67. The molecule has 47 heavy (non-hydrogen) atoms. The number of esters is 1. The van der Waals surface area contributed by atoms with Gasteiger partial charge in [0.25, 0.3) is 0 Å². The molecule has 6 atom stereocenters. The zero-order valence-corrected chi connectivity index (χ0v) is 31.9. The van der Waals surface area contributed by atoms with Crippen LogP contribution in [0.5, 0.6) is 0 Å². The van der Waals surface area contributed by atoms with Crippen molar-refractivity contribution < 1.29 is 28.3 Å². The fourth-order valence-electron chi connectivity index (χ4n) is 8.44. The molecule has 0 aromatic carbocycles. The van der Waals surface area contributed by atoms with Crippen LogP contribution in [-0.2, 0) is 23.5 Å². The van der Waals surface area contributed by atoms with Gasteiger partial charge >= 0.3 is 12.1 Å². The van der Waals surface area contributed by atoms with Crippen LogP contribution in [0.15, 0.2) is 24.3 Å². The van der Waals surface area contributed by atoms with E-state index in [1.165, 1.54) is 7.11 Å². The molecule has 8 nitrogen and oxygen atoms in total. The quantitative estimate of drug-likeness (QED) is 0.0766. The topological polar surface area (TPSA) is 85.4 Å². The van der Waals surface area contributed by atoms with E-state index in [9.17, 15) is 14.4 Å². The highest BCUT2D eigenvalue weighted by molar-refractivity contribution is 6.74. The fraction of sp³-hybridized carbons (Fsp3) is 0.816. The number of amides is 1. The number of ketones is 1. The number of ether oxygens (including phenoxy) is 2. The number of hydrogen-bond acceptors (Lipinski definition) is 7. The van der Waals surface area contributed by atoms with Crippen molar-refractivity contribution in [2.45, 2.75) is 142 Å². The fourth-order valence-corrected chi connectivity index (χ4v) is 9.53. The first-order valence-corrected chi connectivity index (χ1v) is 21.2. The molecule has 3 heterocycles. The molecule has 0 radical (unpaired) electrons. The van der Waals surface area contributed by atoms with Crippen LogP contribution in [0.1, 0.15) is 106 Å². The molecule has 1 amide bonds. The number of carbonyl (C=O) groups is 3. The Balaban J connectivity index is 1.53. The number of hydrogen-bond donors (Lipinski definition) is 0. The highest BCUT2D eigenvalue weighted by Crippen LogP contribution is 2.60. The van der Waals surface area contributed by atoms with Gasteiger partial charge in [0.2, 0.25) is 0 Å². The summed E-state index contributed by atoms with van der Waals surface area (Å²) in [6.45, 7) is 19.8. The molecular weight excluding hydrogens is 609 g/mol. The monoisotopic (exact) mass is 672 g/mol. The third-order valence-electron chi connectivity index (χ3n) is 11.7. The number of fused-ring (bicyclic) bond motifs is 2. The third-order valence-corrected chi connectivity index (χ3v) is 16.2. The molecule has 1 unspecified atom stereocenters. The molecule has 0 aromatic rings. The van der Waals surface area contributed by atoms with Crippen molar-refractivity contribution in [3.8, 4) is 0 Å². The highest BCUT2D eigenvalue weighted by atomic mass is 28.4. The molecule has 0 aromatic heterocycles. The summed E-state index contributed by atoms with van der Waals surface area (Å²) in [5, 5.41) is 0.225. The number of rotatable bonds is 10. The van der Waals surface area contributed by atoms with E-state index in [-0.39, 0.29) is 46.2 Å². The summed E-state index contributed by atoms with van der Waals surface area (Å²) in [4.78, 5) is 45.7. The van der Waals surface area contributed by atoms with Crippen LogP contribution in [0.4, 0.5) is 4.79 Å². The number of nitrogens with zero attached hydrogens (tertiary/aromatic N) is 2. The number of carbonyl (C=O) groups excluding carboxylic acids is 3. The van der Waals surface area contributed by atoms with Crippen molar-refractivity contribution in [2.24, 2.45) is 23.2 Å². The van der Waals surface area contributed by atoms with Crippen LogP contribution in [0.3, 0.4) is 0 Å². The molecule has 1 aliphatic carbocycles. The van der Waals surface area contributed by atoms with Crippen LogP contribution in [0.2, 0.25) is 18.1 Å². The summed E-state index contributed by atoms with van der Waals surface area (Å²) in [7, 11) is -0.315. The third kappa shape index (κ3) is 8.61. The lowest BCUT2D eigenvalue weighted by Gasteiger charge is -2.57. The van der Waals surface area contributed by atoms with Gasteiger partial charge in [-0.15, -0.1) is 0 Å². The Labute approximate surface area is 286 Å². The van der Waals surface area contributed by atoms with E-state index in [0.29, 0.717) is 25.9 Å². The predicted molar refractivity (Wildman–Crippen MR) is 190 cm³/mol. The molecule has 1 saturated carbocycles. The molecule has 1 spiro atoms. The van der Waals surface area contributed by atoms with Gasteiger partial charge in [-0.25, -0.2) is 4.79 Å². The summed E-state index contributed by atoms with van der Waals surface area (Å²) in [6, 6.07) is 0.164. The molecule has 2 saturated heterocycles. The smallest absolute Gasteiger partial charge is 0.410 e. The largest absolute Gasteiger partial charge is 0.468 e. The number of allylic oxidation sites excluding steroid dienone is 3. The van der Waals surface area contributed by atoms with Gasteiger partial charge in [-0.05, 0) is 116 Å². The lowest BCUT2D eigenvalue weighted by Crippen LogP contribution is -2.66. The van der Waals surface area contributed by atoms with Gasteiger partial charge in [0.15, 0.2) is 14.1 Å². The van der Waals surface area contributed by atoms with Gasteiger partial charge < -0.3 is 18.8 Å². The van der Waals surface area contributed by atoms with Gasteiger partial charge in [-0.2, -0.15) is 0 Å². The van der Waals surface area contributed by atoms with Crippen LogP contribution >= 0.6 is 0 Å². The van der Waals surface area contributed by atoms with Gasteiger partial charge in [0.1, 0.15) is 11.5 Å². The standard InChI is InChI=1S/C38H64N2O6Si/c1-36(2,3)46-35(43)39-24-22-30-31(34(42)44-7)32(41)29(21-17-12-10-11-15-19-25-45-47(8,9)37(4,5)6)33-38(30,27-39)26-28-20-16-13-14-18-23-40(28)33/h10,12,16,20,28-31,33H,11,13-15,17-19,21-27H2,1-9H3/b12-10-,20-16-/t28-,29?,30-,31-,33-,38-/m0/s1. The zero-order valence-electron chi connectivity index (χ0n) is 30.9. The van der Waals surface area contributed by atoms with E-state index in [1.807, 2.05) is 25.7 Å². The second kappa shape index (κ2) is 15.3. The summed E-state index contributed by atoms with van der Waals surface area (Å²) in [5.41, 5.74) is -0.986. The predicted octanol–water partition coefficient (Wildman–Crippen LogP) is 7.93. The number of piperidine rings is 1. The Morgan fingerprint density at radius 2 is 1.77 bits per heavy atom. The lowest BCUT2D eigenvalue weighted by atomic mass is 9.52. The number of likely N-dealkylation sites (tertiary alicyclic amines) is 1. The van der Waals surface area contributed by atoms with E-state index in [0.717, 1.165) is 64.5 Å². The minimum Gasteiger partial charge on any atom is -0.468 e. The minimum absolute atomic E-state index is 0.0280. The Kier molecular flexibility index (Phi) is 12.3. The Hall–Kier alpha value is -1.97. The Morgan fingerprint density at radius 1 is 1.04 bits per heavy atom. The van der Waals surface area contributed by atoms with Crippen LogP contribution in [0, 0.1) is 23.2 Å². The summed E-state index contributed by atoms with van der Waals surface area (Å²) < 4.78 is 17.5. The van der Waals surface area contributed by atoms with Gasteiger partial charge in [0.05, 0.1) is 7.11 Å². The summed E-state index contributed by atoms with van der Waals surface area (Å²) in [5.74, 6) is -1.63. The van der Waals surface area contributed by atoms with E-state index in [1.54, 1.807) is 0 Å². The molecule has 9 heteroatoms. The van der Waals surface area contributed by atoms with E-state index < -0.39 is 25.8 Å². The van der Waals surface area contributed by atoms with Gasteiger partial charge in [0, 0.05) is 43.1 Å². The normalized spacial score (nSPS) is 31.0. The Morgan fingerprint density at radius 3 is 2.45 bits per heavy atom. The van der Waals surface area contributed by atoms with Crippen molar-refractivity contribution in [1.82, 2.24) is 9.80 Å². The van der Waals surface area contributed by atoms with E-state index in [4.69, 9.17) is 13.9 Å². The van der Waals surface area contributed by atoms with Crippen molar-refractivity contribution in [3.63, 3.8) is 0 Å². The first-order chi connectivity index (χ1) is 22.0. The second-order valence-corrected chi connectivity index (χ2v) is 21.9. The molecule has 0 N–H and O–H groups in total. The number of methoxy groups -OCH3 is 1. The SMILES string of the molecule is COC(=O)[C@@H]1C(=O)C(CC/C=C\CCCCO[Si](C)(C)C(C)(C)C)[C@@H]2N3CCCC/C=C\[C@H]3C[C@@]23CN(C(=O)OC(C)(C)C)CC[C@@H]13. The minimum atomic E-state index is -1.71. The zero-order chi connectivity index (χ0) is 34.6. The molecule has 3 fully saturated rings. The average molecular weight is 673 g/mol.